The van der Waals surface area contributed by atoms with Gasteiger partial charge in [-0.1, -0.05) is 6.07 Å². The second kappa shape index (κ2) is 5.39. The fourth-order valence-corrected chi connectivity index (χ4v) is 1.73. The van der Waals surface area contributed by atoms with Gasteiger partial charge in [-0.05, 0) is 36.8 Å². The third kappa shape index (κ3) is 2.82. The molecule has 0 bridgehead atoms. The zero-order chi connectivity index (χ0) is 13.8. The number of ether oxygens (including phenoxy) is 1. The van der Waals surface area contributed by atoms with E-state index < -0.39 is 5.97 Å². The normalized spacial score (nSPS) is 10.0. The monoisotopic (exact) mass is 258 g/mol. The quantitative estimate of drug-likeness (QED) is 0.882. The Hall–Kier alpha value is -2.56. The molecular weight excluding hydrogens is 244 g/mol. The number of benzene rings is 1. The van der Waals surface area contributed by atoms with E-state index in [4.69, 9.17) is 9.84 Å². The third-order valence-corrected chi connectivity index (χ3v) is 2.71. The molecule has 0 radical (unpaired) electrons. The van der Waals surface area contributed by atoms with Crippen molar-refractivity contribution in [2.24, 2.45) is 0 Å². The molecule has 5 heteroatoms. The van der Waals surface area contributed by atoms with Crippen LogP contribution in [0.1, 0.15) is 15.9 Å². The number of aromatic nitrogens is 1. The Balaban J connectivity index is 2.33. The van der Waals surface area contributed by atoms with Crippen LogP contribution in [0, 0.1) is 6.92 Å². The number of rotatable bonds is 4. The van der Waals surface area contributed by atoms with E-state index in [1.54, 1.807) is 31.3 Å². The summed E-state index contributed by atoms with van der Waals surface area (Å²) in [6.45, 7) is 1.76. The minimum atomic E-state index is -0.945. The van der Waals surface area contributed by atoms with Crippen molar-refractivity contribution < 1.29 is 14.6 Å². The van der Waals surface area contributed by atoms with E-state index >= 15 is 0 Å². The maximum absolute atomic E-state index is 11.1. The van der Waals surface area contributed by atoms with Gasteiger partial charge in [0.25, 0.3) is 0 Å². The molecule has 0 aliphatic rings. The van der Waals surface area contributed by atoms with Crippen molar-refractivity contribution in [2.45, 2.75) is 6.92 Å². The van der Waals surface area contributed by atoms with E-state index in [1.165, 1.54) is 7.11 Å². The highest BCUT2D eigenvalue weighted by Crippen LogP contribution is 2.25. The first-order valence-corrected chi connectivity index (χ1v) is 5.72. The second-order valence-electron chi connectivity index (χ2n) is 4.02. The molecule has 1 aromatic carbocycles. The van der Waals surface area contributed by atoms with Gasteiger partial charge in [-0.3, -0.25) is 0 Å². The molecule has 5 nitrogen and oxygen atoms in total. The van der Waals surface area contributed by atoms with E-state index in [1.807, 2.05) is 12.1 Å². The van der Waals surface area contributed by atoms with Crippen LogP contribution in [0.2, 0.25) is 0 Å². The van der Waals surface area contributed by atoms with Gasteiger partial charge in [-0.25, -0.2) is 9.78 Å². The first-order valence-electron chi connectivity index (χ1n) is 5.72. The molecule has 1 aromatic heterocycles. The minimum Gasteiger partial charge on any atom is -0.480 e. The molecule has 0 amide bonds. The zero-order valence-electron chi connectivity index (χ0n) is 10.7. The molecule has 0 spiro atoms. The fraction of sp³-hybridized carbons (Fsp3) is 0.143. The van der Waals surface area contributed by atoms with Gasteiger partial charge in [0.2, 0.25) is 5.88 Å². The maximum Gasteiger partial charge on any atom is 0.336 e. The Morgan fingerprint density at radius 3 is 2.84 bits per heavy atom. The summed E-state index contributed by atoms with van der Waals surface area (Å²) in [6, 6.07) is 8.75. The number of methoxy groups -OCH3 is 1. The summed E-state index contributed by atoms with van der Waals surface area (Å²) in [7, 11) is 1.53. The topological polar surface area (TPSA) is 71.5 Å². The lowest BCUT2D eigenvalue weighted by atomic mass is 10.1. The number of hydrogen-bond donors (Lipinski definition) is 2. The molecule has 0 saturated heterocycles. The van der Waals surface area contributed by atoms with Gasteiger partial charge in [0, 0.05) is 11.9 Å². The van der Waals surface area contributed by atoms with Crippen LogP contribution >= 0.6 is 0 Å². The summed E-state index contributed by atoms with van der Waals surface area (Å²) >= 11 is 0. The Morgan fingerprint density at radius 2 is 2.16 bits per heavy atom. The van der Waals surface area contributed by atoms with Crippen molar-refractivity contribution in [1.29, 1.82) is 0 Å². The lowest BCUT2D eigenvalue weighted by Gasteiger charge is -2.11. The standard InChI is InChI=1S/C14H14N2O3/c1-9-5-6-10(8-11(9)14(17)18)16-12-4-3-7-15-13(12)19-2/h3-8,16H,1-2H3,(H,17,18). The van der Waals surface area contributed by atoms with Crippen molar-refractivity contribution in [2.75, 3.05) is 12.4 Å². The predicted molar refractivity (Wildman–Crippen MR) is 72.2 cm³/mol. The molecule has 0 fully saturated rings. The van der Waals surface area contributed by atoms with Crippen LogP contribution in [-0.2, 0) is 0 Å². The number of carboxylic acids is 1. The van der Waals surface area contributed by atoms with E-state index in [0.29, 0.717) is 17.3 Å². The van der Waals surface area contributed by atoms with Crippen LogP contribution in [0.25, 0.3) is 0 Å². The minimum absolute atomic E-state index is 0.271. The molecule has 2 N–H and O–H groups in total. The molecule has 19 heavy (non-hydrogen) atoms. The molecule has 0 aliphatic carbocycles. The predicted octanol–water partition coefficient (Wildman–Crippen LogP) is 2.84. The number of hydrogen-bond acceptors (Lipinski definition) is 4. The SMILES string of the molecule is COc1ncccc1Nc1ccc(C)c(C(=O)O)c1. The summed E-state index contributed by atoms with van der Waals surface area (Å²) in [5, 5.41) is 12.2. The number of aromatic carboxylic acids is 1. The number of aryl methyl sites for hydroxylation is 1. The van der Waals surface area contributed by atoms with Gasteiger partial charge in [-0.15, -0.1) is 0 Å². The van der Waals surface area contributed by atoms with Crippen LogP contribution in [0.3, 0.4) is 0 Å². The Bertz CT molecular complexity index is 611. The number of carbonyl (C=O) groups is 1. The average Bonchev–Trinajstić information content (AvgIpc) is 2.41. The van der Waals surface area contributed by atoms with Crippen molar-refractivity contribution in [3.05, 3.63) is 47.7 Å². The number of carboxylic acid groups (broad SMARTS) is 1. The molecule has 0 saturated carbocycles. The second-order valence-corrected chi connectivity index (χ2v) is 4.02. The molecule has 0 atom stereocenters. The highest BCUT2D eigenvalue weighted by molar-refractivity contribution is 5.90. The van der Waals surface area contributed by atoms with Crippen molar-refractivity contribution in [3.63, 3.8) is 0 Å². The summed E-state index contributed by atoms with van der Waals surface area (Å²) < 4.78 is 5.13. The first kappa shape index (κ1) is 12.9. The Morgan fingerprint density at radius 1 is 1.37 bits per heavy atom. The van der Waals surface area contributed by atoms with Crippen molar-refractivity contribution in [1.82, 2.24) is 4.98 Å². The third-order valence-electron chi connectivity index (χ3n) is 2.71. The van der Waals surface area contributed by atoms with Crippen LogP contribution in [0.5, 0.6) is 5.88 Å². The van der Waals surface area contributed by atoms with E-state index in [2.05, 4.69) is 10.3 Å². The van der Waals surface area contributed by atoms with Gasteiger partial charge in [0.15, 0.2) is 0 Å². The number of nitrogens with one attached hydrogen (secondary N) is 1. The number of anilines is 2. The molecule has 2 aromatic rings. The van der Waals surface area contributed by atoms with Gasteiger partial charge >= 0.3 is 5.97 Å². The molecule has 0 unspecified atom stereocenters. The summed E-state index contributed by atoms with van der Waals surface area (Å²) in [6.07, 6.45) is 1.63. The Kier molecular flexibility index (Phi) is 3.66. The largest absolute Gasteiger partial charge is 0.480 e. The smallest absolute Gasteiger partial charge is 0.336 e. The molecule has 1 heterocycles. The van der Waals surface area contributed by atoms with Gasteiger partial charge in [-0.2, -0.15) is 0 Å². The van der Waals surface area contributed by atoms with Gasteiger partial charge < -0.3 is 15.2 Å². The zero-order valence-corrected chi connectivity index (χ0v) is 10.7. The van der Waals surface area contributed by atoms with E-state index in [9.17, 15) is 4.79 Å². The molecule has 2 rings (SSSR count). The molecular formula is C14H14N2O3. The van der Waals surface area contributed by atoms with Crippen molar-refractivity contribution in [3.8, 4) is 5.88 Å². The van der Waals surface area contributed by atoms with Gasteiger partial charge in [0.1, 0.15) is 5.69 Å². The van der Waals surface area contributed by atoms with Crippen molar-refractivity contribution >= 4 is 17.3 Å². The number of nitrogens with zero attached hydrogens (tertiary/aromatic N) is 1. The average molecular weight is 258 g/mol. The highest BCUT2D eigenvalue weighted by atomic mass is 16.5. The van der Waals surface area contributed by atoms with Crippen LogP contribution in [-0.4, -0.2) is 23.2 Å². The summed E-state index contributed by atoms with van der Waals surface area (Å²) in [5.41, 5.74) is 2.35. The lowest BCUT2D eigenvalue weighted by Crippen LogP contribution is -2.02. The van der Waals surface area contributed by atoms with Crippen LogP contribution in [0.15, 0.2) is 36.5 Å². The fourth-order valence-electron chi connectivity index (χ4n) is 1.73. The first-order chi connectivity index (χ1) is 9.11. The van der Waals surface area contributed by atoms with Gasteiger partial charge in [0.05, 0.1) is 12.7 Å². The number of pyridine rings is 1. The van der Waals surface area contributed by atoms with E-state index in [-0.39, 0.29) is 5.56 Å². The molecule has 0 aliphatic heterocycles. The van der Waals surface area contributed by atoms with E-state index in [0.717, 1.165) is 5.56 Å². The summed E-state index contributed by atoms with van der Waals surface area (Å²) in [5.74, 6) is -0.487. The lowest BCUT2D eigenvalue weighted by molar-refractivity contribution is 0.0696. The molecule has 98 valence electrons. The van der Waals surface area contributed by atoms with Crippen LogP contribution in [0.4, 0.5) is 11.4 Å². The Labute approximate surface area is 110 Å². The highest BCUT2D eigenvalue weighted by Gasteiger charge is 2.09. The summed E-state index contributed by atoms with van der Waals surface area (Å²) in [4.78, 5) is 15.2. The van der Waals surface area contributed by atoms with Crippen LogP contribution < -0.4 is 10.1 Å². The maximum atomic E-state index is 11.1.